The van der Waals surface area contributed by atoms with Crippen LogP contribution in [0, 0.1) is 0 Å². The van der Waals surface area contributed by atoms with Crippen LogP contribution >= 0.6 is 11.6 Å². The number of aliphatic hydroxyl groups excluding tert-OH is 2. The van der Waals surface area contributed by atoms with Crippen LogP contribution in [0.4, 0.5) is 0 Å². The van der Waals surface area contributed by atoms with Gasteiger partial charge in [0.05, 0.1) is 27.1 Å². The largest absolute Gasteiger partial charge is 0.481 e. The lowest BCUT2D eigenvalue weighted by Crippen LogP contribution is -2.65. The molecule has 0 saturated heterocycles. The summed E-state index contributed by atoms with van der Waals surface area (Å²) in [5, 5.41) is 49.6. The Morgan fingerprint density at radius 1 is 0.221 bits per heavy atom. The van der Waals surface area contributed by atoms with Crippen molar-refractivity contribution in [2.75, 3.05) is 13.2 Å². The van der Waals surface area contributed by atoms with Gasteiger partial charge in [-0.2, -0.15) is 0 Å². The van der Waals surface area contributed by atoms with E-state index in [0.717, 1.165) is 106 Å². The summed E-state index contributed by atoms with van der Waals surface area (Å²) in [5.74, 6) is -2.47. The number of halogens is 1. The number of rotatable bonds is 23. The number of fused-ring (bicyclic) bond motifs is 5. The fourth-order valence-electron chi connectivity index (χ4n) is 26.0. The van der Waals surface area contributed by atoms with Crippen molar-refractivity contribution in [2.24, 2.45) is 0 Å². The minimum atomic E-state index is -1.50. The van der Waals surface area contributed by atoms with E-state index in [1.165, 1.54) is 139 Å². The fraction of sp³-hybridized carbons (Fsp3) is 0.142. The van der Waals surface area contributed by atoms with Crippen molar-refractivity contribution in [3.63, 3.8) is 0 Å². The number of aliphatic carboxylic acids is 3. The zero-order valence-electron chi connectivity index (χ0n) is 66.3. The molecule has 122 heavy (non-hydrogen) atoms. The molecule has 9 heteroatoms. The first-order chi connectivity index (χ1) is 59.7. The van der Waals surface area contributed by atoms with E-state index in [1.807, 2.05) is 0 Å². The molecule has 0 heterocycles. The van der Waals surface area contributed by atoms with E-state index >= 15 is 0 Å². The van der Waals surface area contributed by atoms with Crippen LogP contribution in [0.3, 0.4) is 0 Å². The maximum absolute atomic E-state index is 11.9. The molecule has 0 aromatic heterocycles. The zero-order valence-corrected chi connectivity index (χ0v) is 67.0. The van der Waals surface area contributed by atoms with Gasteiger partial charge in [0.25, 0.3) is 0 Å². The third-order valence-corrected chi connectivity index (χ3v) is 31.1. The summed E-state index contributed by atoms with van der Waals surface area (Å²) in [7, 11) is 0. The molecule has 0 radical (unpaired) electrons. The monoisotopic (exact) mass is 1590 g/mol. The second kappa shape index (κ2) is 24.4. The molecule has 15 aromatic carbocycles. The highest BCUT2D eigenvalue weighted by Gasteiger charge is 2.87. The summed E-state index contributed by atoms with van der Waals surface area (Å²) >= 11 is 11.0. The van der Waals surface area contributed by atoms with Crippen molar-refractivity contribution in [2.45, 2.75) is 83.3 Å². The summed E-state index contributed by atoms with van der Waals surface area (Å²) in [6.07, 6.45) is 2.58. The van der Waals surface area contributed by atoms with Gasteiger partial charge in [0.1, 0.15) is 4.87 Å². The van der Waals surface area contributed by atoms with Crippen LogP contribution in [0.2, 0.25) is 0 Å². The average molecular weight is 1600 g/mol. The number of benzene rings is 15. The number of carbonyl (C=O) groups is 3. The van der Waals surface area contributed by atoms with Gasteiger partial charge in [-0.25, -0.2) is 0 Å². The number of allylic oxidation sites excluding steroid dienone is 4. The van der Waals surface area contributed by atoms with Crippen molar-refractivity contribution in [1.29, 1.82) is 0 Å². The van der Waals surface area contributed by atoms with E-state index < -0.39 is 49.9 Å². The normalized spacial score (nSPS) is 21.4. The van der Waals surface area contributed by atoms with E-state index in [-0.39, 0.29) is 32.5 Å². The van der Waals surface area contributed by atoms with Crippen LogP contribution in [0.15, 0.2) is 326 Å². The van der Waals surface area contributed by atoms with Gasteiger partial charge in [-0.3, -0.25) is 14.4 Å². The second-order valence-electron chi connectivity index (χ2n) is 35.5. The number of hydrogen-bond acceptors (Lipinski definition) is 5. The minimum Gasteiger partial charge on any atom is -0.481 e. The van der Waals surface area contributed by atoms with E-state index in [1.54, 1.807) is 0 Å². The molecule has 582 valence electrons. The van der Waals surface area contributed by atoms with Crippen LogP contribution < -0.4 is 0 Å². The Hall–Kier alpha value is -13.6. The molecule has 6 atom stereocenters. The molecular weight excluding hydrogens is 1520 g/mol. The standard InChI is InChI=1S/C113H75ClO8/c114-113-106-104-105-107(113)111(79-40-30-74(31-41-79)70-22-9-65(10-23-70)58-60-116)99-86-49-47-84-82-45-44-81-83-46-48-85-87-50-52-89-90-53-51-88(86)101(111)103(90)112(113,80-42-32-75(33-43-80)68-18-5-63(6-19-68)13-56-93(121)122)102(89)100(87)110(106,78-38-28-73(29-39-78)67-16-3-62(4-17-67)12-55-92(119)120)98(85)96(83)108(104,76-34-24-71(25-35-76)66-14-1-61(2-15-66)11-54-91(117)118)94(81)95(82)109(105,97(84)99)77-36-26-72(27-37-77)69-20-7-64(8-21-69)57-59-115/h1-10,14-53,115-116H,11-13,54-60H2,(H,117,118)(H,119,120)(H,121,122)/t108-,109+,110-,111+,112-,113-/m0/s1. The van der Waals surface area contributed by atoms with Crippen LogP contribution in [0.1, 0.15) is 131 Å². The van der Waals surface area contributed by atoms with Crippen molar-refractivity contribution in [3.05, 3.63) is 437 Å². The first kappa shape index (κ1) is 70.3. The van der Waals surface area contributed by atoms with Crippen LogP contribution in [-0.4, -0.2) is 61.5 Å². The molecule has 0 spiro atoms. The molecule has 11 aliphatic carbocycles. The third-order valence-electron chi connectivity index (χ3n) is 30.4. The average Bonchev–Trinajstić information content (AvgIpc) is 1.39. The molecule has 0 unspecified atom stereocenters. The van der Waals surface area contributed by atoms with E-state index in [2.05, 4.69) is 303 Å². The number of alkyl halides is 1. The third kappa shape index (κ3) is 8.21. The molecule has 15 aromatic rings. The van der Waals surface area contributed by atoms with Crippen molar-refractivity contribution in [1.82, 2.24) is 0 Å². The Morgan fingerprint density at radius 3 is 0.623 bits per heavy atom. The molecule has 0 bridgehead atoms. The van der Waals surface area contributed by atoms with Crippen LogP contribution in [0.25, 0.3) is 111 Å². The maximum Gasteiger partial charge on any atom is 0.303 e. The highest BCUT2D eigenvalue weighted by atomic mass is 35.5. The van der Waals surface area contributed by atoms with Gasteiger partial charge >= 0.3 is 17.9 Å². The van der Waals surface area contributed by atoms with Gasteiger partial charge in [-0.05, 0) is 277 Å². The molecule has 8 nitrogen and oxygen atoms in total. The minimum absolute atomic E-state index is 0.0454. The second-order valence-corrected chi connectivity index (χ2v) is 36.0. The van der Waals surface area contributed by atoms with Gasteiger partial charge in [0, 0.05) is 32.5 Å². The Morgan fingerprint density at radius 2 is 0.402 bits per heavy atom. The summed E-state index contributed by atoms with van der Waals surface area (Å²) in [6, 6.07) is 115. The summed E-state index contributed by atoms with van der Waals surface area (Å²) in [6.45, 7) is 0.137. The van der Waals surface area contributed by atoms with E-state index in [4.69, 9.17) is 0 Å². The Bertz CT molecular complexity index is 7180. The van der Waals surface area contributed by atoms with Crippen molar-refractivity contribution in [3.8, 4) is 111 Å². The predicted molar refractivity (Wildman–Crippen MR) is 478 cm³/mol. The first-order valence-corrected chi connectivity index (χ1v) is 43.1. The van der Waals surface area contributed by atoms with Crippen molar-refractivity contribution >= 4 is 29.5 Å². The summed E-state index contributed by atoms with van der Waals surface area (Å²) in [5.41, 5.74) is 45.6. The molecule has 0 aliphatic heterocycles. The Labute approximate surface area is 709 Å². The zero-order chi connectivity index (χ0) is 81.6. The topological polar surface area (TPSA) is 152 Å². The lowest BCUT2D eigenvalue weighted by atomic mass is 9.40. The summed E-state index contributed by atoms with van der Waals surface area (Å²) < 4.78 is 0. The lowest BCUT2D eigenvalue weighted by Gasteiger charge is -2.64. The van der Waals surface area contributed by atoms with Gasteiger partial charge in [-0.15, -0.1) is 11.6 Å². The molecule has 0 amide bonds. The van der Waals surface area contributed by atoms with Gasteiger partial charge in [0.2, 0.25) is 0 Å². The number of aryl methyl sites for hydroxylation is 3. The number of carboxylic acids is 3. The SMILES string of the molecule is O=C(O)CCc1ccc(-c2ccc([C@@]34C5=C6[C@@]7(c8ccc(-c9ccc(CCC(=O)O)cc9)cc8)c8c9ccc(c83)-c3ccc8c(c34)[C@@]3(c4ccc(-c%10ccc(CCO)cc%10)cc4)C5=C4[C@]5(c%10ccc(-c%11ccc(CCO)cc%11)cc%10)c%10c(ccc-8c%103)-c3ccc8c(c35)[C@](c3ccc(-c5ccc(CCC(=O)O)cc5)cc3)(c3c-8ccc-9c37)[C@@]46Cl)cc2)cc1. The summed E-state index contributed by atoms with van der Waals surface area (Å²) in [4.78, 5) is 34.3. The molecule has 0 fully saturated rings. The van der Waals surface area contributed by atoms with E-state index in [9.17, 15) is 51.5 Å². The highest BCUT2D eigenvalue weighted by Crippen LogP contribution is 2.92. The quantitative estimate of drug-likeness (QED) is 0.0397. The van der Waals surface area contributed by atoms with Gasteiger partial charge in [-0.1, -0.05) is 303 Å². The van der Waals surface area contributed by atoms with E-state index in [0.29, 0.717) is 32.1 Å². The fourth-order valence-corrected chi connectivity index (χ4v) is 26.7. The first-order valence-electron chi connectivity index (χ1n) is 42.7. The molecule has 11 aliphatic rings. The number of hydrogen-bond donors (Lipinski definition) is 5. The predicted octanol–water partition coefficient (Wildman–Crippen LogP) is 22.7. The lowest BCUT2D eigenvalue weighted by molar-refractivity contribution is -0.138. The molecule has 5 N–H and O–H groups in total. The maximum atomic E-state index is 11.9. The Kier molecular flexibility index (Phi) is 14.0. The highest BCUT2D eigenvalue weighted by molar-refractivity contribution is 6.35. The molecule has 0 saturated carbocycles. The number of aliphatic hydroxyl groups is 2. The number of carboxylic acid groups (broad SMARTS) is 3. The van der Waals surface area contributed by atoms with Crippen LogP contribution in [0.5, 0.6) is 0 Å². The smallest absolute Gasteiger partial charge is 0.303 e. The van der Waals surface area contributed by atoms with Gasteiger partial charge in [0.15, 0.2) is 0 Å². The Balaban J connectivity index is 0.846. The van der Waals surface area contributed by atoms with Gasteiger partial charge < -0.3 is 25.5 Å². The molecule has 26 rings (SSSR count). The van der Waals surface area contributed by atoms with Crippen LogP contribution in [-0.2, 0) is 73.6 Å². The van der Waals surface area contributed by atoms with Crippen molar-refractivity contribution < 1.29 is 39.9 Å². The molecular formula is C113H75ClO8.